The molecule has 2 fully saturated rings. The fourth-order valence-electron chi connectivity index (χ4n) is 3.89. The molecule has 0 spiro atoms. The van der Waals surface area contributed by atoms with Crippen molar-refractivity contribution < 1.29 is 18.0 Å². The Bertz CT molecular complexity index is 498. The zero-order valence-corrected chi connectivity index (χ0v) is 16.3. The van der Waals surface area contributed by atoms with E-state index >= 15 is 0 Å². The van der Waals surface area contributed by atoms with Gasteiger partial charge in [-0.05, 0) is 25.7 Å². The standard InChI is InChI=1S/C18H32F3N5O/c1-22-17(23-12-16(27)25(2)13-18(19,20)21)24-14-8-10-26(11-9-14)15-6-4-3-5-7-15/h14-15H,3-13H2,1-2H3,(H2,22,23,24). The molecule has 2 aliphatic rings. The van der Waals surface area contributed by atoms with Gasteiger partial charge in [0.1, 0.15) is 6.54 Å². The van der Waals surface area contributed by atoms with Crippen molar-refractivity contribution in [3.8, 4) is 0 Å². The van der Waals surface area contributed by atoms with Gasteiger partial charge in [0, 0.05) is 39.3 Å². The molecule has 1 aliphatic carbocycles. The highest BCUT2D eigenvalue weighted by Crippen LogP contribution is 2.25. The second kappa shape index (κ2) is 10.1. The molecule has 2 rings (SSSR count). The van der Waals surface area contributed by atoms with E-state index in [2.05, 4.69) is 20.5 Å². The van der Waals surface area contributed by atoms with Crippen LogP contribution in [0, 0.1) is 0 Å². The lowest BCUT2D eigenvalue weighted by atomic mass is 9.92. The van der Waals surface area contributed by atoms with Crippen molar-refractivity contribution in [1.29, 1.82) is 0 Å². The Kier molecular flexibility index (Phi) is 8.19. The molecule has 0 unspecified atom stereocenters. The normalized spacial score (nSPS) is 21.1. The van der Waals surface area contributed by atoms with Crippen LogP contribution < -0.4 is 10.6 Å². The van der Waals surface area contributed by atoms with Crippen LogP contribution in [0.15, 0.2) is 4.99 Å². The molecule has 0 aromatic rings. The lowest BCUT2D eigenvalue weighted by Crippen LogP contribution is -2.52. The van der Waals surface area contributed by atoms with Crippen molar-refractivity contribution >= 4 is 11.9 Å². The third-order valence-corrected chi connectivity index (χ3v) is 5.43. The van der Waals surface area contributed by atoms with Crippen molar-refractivity contribution in [3.05, 3.63) is 0 Å². The molecule has 0 atom stereocenters. The van der Waals surface area contributed by atoms with Crippen molar-refractivity contribution in [1.82, 2.24) is 20.4 Å². The molecule has 1 saturated carbocycles. The van der Waals surface area contributed by atoms with Gasteiger partial charge in [0.15, 0.2) is 5.96 Å². The van der Waals surface area contributed by atoms with Gasteiger partial charge in [-0.3, -0.25) is 9.79 Å². The summed E-state index contributed by atoms with van der Waals surface area (Å²) < 4.78 is 37.1. The number of likely N-dealkylation sites (N-methyl/N-ethyl adjacent to an activating group) is 1. The van der Waals surface area contributed by atoms with Gasteiger partial charge in [-0.1, -0.05) is 19.3 Å². The van der Waals surface area contributed by atoms with E-state index in [9.17, 15) is 18.0 Å². The second-order valence-electron chi connectivity index (χ2n) is 7.54. The monoisotopic (exact) mass is 391 g/mol. The summed E-state index contributed by atoms with van der Waals surface area (Å²) in [5.41, 5.74) is 0. The molecule has 1 heterocycles. The van der Waals surface area contributed by atoms with Gasteiger partial charge < -0.3 is 20.4 Å². The fourth-order valence-corrected chi connectivity index (χ4v) is 3.89. The number of hydrogen-bond donors (Lipinski definition) is 2. The summed E-state index contributed by atoms with van der Waals surface area (Å²) in [5, 5.41) is 6.12. The highest BCUT2D eigenvalue weighted by Gasteiger charge is 2.31. The Balaban J connectivity index is 1.70. The summed E-state index contributed by atoms with van der Waals surface area (Å²) in [5.74, 6) is -0.165. The minimum absolute atomic E-state index is 0.215. The minimum Gasteiger partial charge on any atom is -0.354 e. The maximum Gasteiger partial charge on any atom is 0.406 e. The van der Waals surface area contributed by atoms with Crippen LogP contribution in [0.25, 0.3) is 0 Å². The number of carbonyl (C=O) groups is 1. The number of amides is 1. The predicted molar refractivity (Wildman–Crippen MR) is 99.7 cm³/mol. The Morgan fingerprint density at radius 1 is 1.15 bits per heavy atom. The average Bonchev–Trinajstić information content (AvgIpc) is 2.64. The quantitative estimate of drug-likeness (QED) is 0.556. The number of nitrogens with one attached hydrogen (secondary N) is 2. The number of nitrogens with zero attached hydrogens (tertiary/aromatic N) is 3. The van der Waals surface area contributed by atoms with Gasteiger partial charge in [0.2, 0.25) is 5.91 Å². The molecule has 1 aliphatic heterocycles. The number of likely N-dealkylation sites (tertiary alicyclic amines) is 1. The molecule has 2 N–H and O–H groups in total. The zero-order chi connectivity index (χ0) is 19.9. The van der Waals surface area contributed by atoms with Crippen molar-refractivity contribution in [2.75, 3.05) is 40.3 Å². The Morgan fingerprint density at radius 3 is 2.33 bits per heavy atom. The summed E-state index contributed by atoms with van der Waals surface area (Å²) in [7, 11) is 2.74. The van der Waals surface area contributed by atoms with Crippen molar-refractivity contribution in [2.24, 2.45) is 4.99 Å². The molecule has 0 aromatic heterocycles. The van der Waals surface area contributed by atoms with Gasteiger partial charge in [-0.25, -0.2) is 0 Å². The van der Waals surface area contributed by atoms with E-state index in [0.717, 1.165) is 39.0 Å². The first-order chi connectivity index (χ1) is 12.8. The van der Waals surface area contributed by atoms with E-state index < -0.39 is 18.6 Å². The first-order valence-electron chi connectivity index (χ1n) is 9.80. The summed E-state index contributed by atoms with van der Waals surface area (Å²) in [6, 6.07) is 0.984. The highest BCUT2D eigenvalue weighted by molar-refractivity contribution is 5.86. The van der Waals surface area contributed by atoms with Gasteiger partial charge in [-0.15, -0.1) is 0 Å². The largest absolute Gasteiger partial charge is 0.406 e. The number of hydrogen-bond acceptors (Lipinski definition) is 3. The molecular formula is C18H32F3N5O. The lowest BCUT2D eigenvalue weighted by molar-refractivity contribution is -0.157. The van der Waals surface area contributed by atoms with Crippen LogP contribution in [-0.2, 0) is 4.79 Å². The van der Waals surface area contributed by atoms with E-state index in [4.69, 9.17) is 0 Å². The average molecular weight is 391 g/mol. The van der Waals surface area contributed by atoms with Crippen LogP contribution in [-0.4, -0.2) is 80.2 Å². The Labute approximate surface area is 159 Å². The van der Waals surface area contributed by atoms with Crippen LogP contribution in [0.2, 0.25) is 0 Å². The summed E-state index contributed by atoms with van der Waals surface area (Å²) >= 11 is 0. The van der Waals surface area contributed by atoms with Gasteiger partial charge in [0.05, 0.1) is 6.54 Å². The number of carbonyl (C=O) groups excluding carboxylic acids is 1. The molecule has 27 heavy (non-hydrogen) atoms. The van der Waals surface area contributed by atoms with Crippen LogP contribution >= 0.6 is 0 Å². The number of aliphatic imine (C=N–C) groups is 1. The van der Waals surface area contributed by atoms with E-state index in [1.807, 2.05) is 0 Å². The molecule has 156 valence electrons. The fraction of sp³-hybridized carbons (Fsp3) is 0.889. The van der Waals surface area contributed by atoms with E-state index in [1.165, 1.54) is 32.1 Å². The first kappa shape index (κ1) is 21.8. The van der Waals surface area contributed by atoms with Crippen molar-refractivity contribution in [2.45, 2.75) is 63.2 Å². The van der Waals surface area contributed by atoms with Gasteiger partial charge >= 0.3 is 6.18 Å². The molecule has 6 nitrogen and oxygen atoms in total. The maximum atomic E-state index is 12.4. The number of rotatable bonds is 5. The Morgan fingerprint density at radius 2 is 1.78 bits per heavy atom. The number of guanidine groups is 1. The molecule has 0 aromatic carbocycles. The number of alkyl halides is 3. The van der Waals surface area contributed by atoms with Crippen LogP contribution in [0.5, 0.6) is 0 Å². The predicted octanol–water partition coefficient (Wildman–Crippen LogP) is 1.97. The smallest absolute Gasteiger partial charge is 0.354 e. The highest BCUT2D eigenvalue weighted by atomic mass is 19.4. The van der Waals surface area contributed by atoms with Crippen molar-refractivity contribution in [3.63, 3.8) is 0 Å². The van der Waals surface area contributed by atoms with Crippen LogP contribution in [0.3, 0.4) is 0 Å². The molecule has 1 saturated heterocycles. The van der Waals surface area contributed by atoms with Crippen LogP contribution in [0.1, 0.15) is 44.9 Å². The van der Waals surface area contributed by atoms with E-state index in [0.29, 0.717) is 10.9 Å². The summed E-state index contributed by atoms with van der Waals surface area (Å²) in [6.07, 6.45) is 4.22. The number of halogens is 3. The first-order valence-corrected chi connectivity index (χ1v) is 9.80. The second-order valence-corrected chi connectivity index (χ2v) is 7.54. The minimum atomic E-state index is -4.39. The maximum absolute atomic E-state index is 12.4. The van der Waals surface area contributed by atoms with Gasteiger partial charge in [-0.2, -0.15) is 13.2 Å². The SMILES string of the molecule is CN=C(NCC(=O)N(C)CC(F)(F)F)NC1CCN(C2CCCCC2)CC1. The third kappa shape index (κ3) is 7.56. The molecule has 9 heteroatoms. The molecular weight excluding hydrogens is 359 g/mol. The topological polar surface area (TPSA) is 60.0 Å². The molecule has 0 radical (unpaired) electrons. The van der Waals surface area contributed by atoms with Gasteiger partial charge in [0.25, 0.3) is 0 Å². The van der Waals surface area contributed by atoms with E-state index in [1.54, 1.807) is 7.05 Å². The Hall–Kier alpha value is -1.51. The molecule has 1 amide bonds. The third-order valence-electron chi connectivity index (χ3n) is 5.43. The zero-order valence-electron chi connectivity index (χ0n) is 16.3. The summed E-state index contributed by atoms with van der Waals surface area (Å²) in [4.78, 5) is 19.2. The number of piperidine rings is 1. The van der Waals surface area contributed by atoms with E-state index in [-0.39, 0.29) is 12.6 Å². The van der Waals surface area contributed by atoms with Crippen LogP contribution in [0.4, 0.5) is 13.2 Å². The molecule has 0 bridgehead atoms. The lowest BCUT2D eigenvalue weighted by Gasteiger charge is -2.39. The summed E-state index contributed by atoms with van der Waals surface area (Å²) in [6.45, 7) is 0.630.